The van der Waals surface area contributed by atoms with Gasteiger partial charge in [0, 0.05) is 36.4 Å². The van der Waals surface area contributed by atoms with E-state index in [2.05, 4.69) is 36.3 Å². The molecule has 7 heteroatoms. The number of rotatable bonds is 6. The van der Waals surface area contributed by atoms with Crippen molar-refractivity contribution in [3.63, 3.8) is 0 Å². The minimum Gasteiger partial charge on any atom is -0.345 e. The van der Waals surface area contributed by atoms with Crippen molar-refractivity contribution in [1.82, 2.24) is 29.9 Å². The van der Waals surface area contributed by atoms with Crippen LogP contribution in [0.4, 0.5) is 0 Å². The fourth-order valence-corrected chi connectivity index (χ4v) is 4.18. The van der Waals surface area contributed by atoms with Crippen molar-refractivity contribution in [1.29, 1.82) is 0 Å². The zero-order chi connectivity index (χ0) is 22.1. The van der Waals surface area contributed by atoms with Crippen molar-refractivity contribution < 1.29 is 4.79 Å². The molecule has 0 aliphatic rings. The van der Waals surface area contributed by atoms with Crippen molar-refractivity contribution in [2.45, 2.75) is 46.7 Å². The summed E-state index contributed by atoms with van der Waals surface area (Å²) in [6, 6.07) is 11.3. The Bertz CT molecular complexity index is 1250. The Balaban J connectivity index is 1.75. The van der Waals surface area contributed by atoms with Gasteiger partial charge in [-0.15, -0.1) is 0 Å². The maximum absolute atomic E-state index is 13.5. The Labute approximate surface area is 182 Å². The fourth-order valence-electron chi connectivity index (χ4n) is 4.18. The normalized spacial score (nSPS) is 12.3. The first-order valence-electron chi connectivity index (χ1n) is 10.7. The Morgan fingerprint density at radius 3 is 2.52 bits per heavy atom. The molecule has 3 aromatic heterocycles. The van der Waals surface area contributed by atoms with Gasteiger partial charge in [0.05, 0.1) is 28.5 Å². The smallest absolute Gasteiger partial charge is 0.252 e. The predicted molar refractivity (Wildman–Crippen MR) is 122 cm³/mol. The van der Waals surface area contributed by atoms with Gasteiger partial charge in [0.2, 0.25) is 0 Å². The molecule has 0 bridgehead atoms. The quantitative estimate of drug-likeness (QED) is 0.507. The van der Waals surface area contributed by atoms with Crippen LogP contribution in [0, 0.1) is 13.8 Å². The summed E-state index contributed by atoms with van der Waals surface area (Å²) in [4.78, 5) is 18.2. The first-order chi connectivity index (χ1) is 14.9. The van der Waals surface area contributed by atoms with Crippen LogP contribution in [0.3, 0.4) is 0 Å². The first-order valence-corrected chi connectivity index (χ1v) is 10.7. The summed E-state index contributed by atoms with van der Waals surface area (Å²) < 4.78 is 3.72. The monoisotopic (exact) mass is 416 g/mol. The molecule has 7 nitrogen and oxygen atoms in total. The van der Waals surface area contributed by atoms with Crippen LogP contribution >= 0.6 is 0 Å². The second-order valence-corrected chi connectivity index (χ2v) is 7.78. The molecule has 0 saturated heterocycles. The molecule has 160 valence electrons. The van der Waals surface area contributed by atoms with E-state index in [9.17, 15) is 4.79 Å². The third-order valence-electron chi connectivity index (χ3n) is 5.74. The number of para-hydroxylation sites is 1. The first kappa shape index (κ1) is 20.8. The maximum atomic E-state index is 13.5. The molecule has 4 rings (SSSR count). The molecule has 0 aliphatic heterocycles. The van der Waals surface area contributed by atoms with Crippen LogP contribution in [-0.2, 0) is 13.6 Å². The van der Waals surface area contributed by atoms with Crippen molar-refractivity contribution in [3.05, 3.63) is 65.1 Å². The number of fused-ring (bicyclic) bond motifs is 1. The molecule has 0 fully saturated rings. The van der Waals surface area contributed by atoms with Gasteiger partial charge in [-0.3, -0.25) is 14.2 Å². The SMILES string of the molecule is CC[C@@H](NC(=O)c1cc(-c2ccn(C)n2)nc2ccccc12)c1c(C)nn(CC)c1C. The summed E-state index contributed by atoms with van der Waals surface area (Å²) in [5.74, 6) is -0.120. The van der Waals surface area contributed by atoms with Gasteiger partial charge in [-0.2, -0.15) is 10.2 Å². The zero-order valence-corrected chi connectivity index (χ0v) is 18.7. The van der Waals surface area contributed by atoms with Crippen LogP contribution in [0.1, 0.15) is 53.6 Å². The fraction of sp³-hybridized carbons (Fsp3) is 0.333. The molecule has 3 heterocycles. The van der Waals surface area contributed by atoms with Crippen LogP contribution in [-0.4, -0.2) is 30.5 Å². The van der Waals surface area contributed by atoms with Gasteiger partial charge >= 0.3 is 0 Å². The minimum atomic E-state index is -0.120. The standard InChI is InChI=1S/C24H28N6O/c1-6-19(23-15(3)27-30(7-2)16(23)4)26-24(31)18-14-22(21-12-13-29(5)28-21)25-20-11-9-8-10-17(18)20/h8-14,19H,6-7H2,1-5H3,(H,26,31)/t19-/m1/s1. The molecule has 0 spiro atoms. The summed E-state index contributed by atoms with van der Waals surface area (Å²) in [5.41, 5.74) is 5.95. The summed E-state index contributed by atoms with van der Waals surface area (Å²) in [7, 11) is 1.87. The lowest BCUT2D eigenvalue weighted by molar-refractivity contribution is 0.0937. The lowest BCUT2D eigenvalue weighted by Gasteiger charge is -2.19. The number of hydrogen-bond acceptors (Lipinski definition) is 4. The molecule has 1 atom stereocenters. The molecule has 0 saturated carbocycles. The van der Waals surface area contributed by atoms with Crippen molar-refractivity contribution in [2.24, 2.45) is 7.05 Å². The molecule has 1 aromatic carbocycles. The average molecular weight is 417 g/mol. The van der Waals surface area contributed by atoms with Gasteiger partial charge in [-0.1, -0.05) is 25.1 Å². The van der Waals surface area contributed by atoms with E-state index in [-0.39, 0.29) is 11.9 Å². The average Bonchev–Trinajstić information content (AvgIpc) is 3.33. The highest BCUT2D eigenvalue weighted by molar-refractivity contribution is 6.07. The molecular weight excluding hydrogens is 388 g/mol. The maximum Gasteiger partial charge on any atom is 0.252 e. The lowest BCUT2D eigenvalue weighted by Crippen LogP contribution is -2.29. The largest absolute Gasteiger partial charge is 0.345 e. The molecule has 0 unspecified atom stereocenters. The van der Waals surface area contributed by atoms with Crippen LogP contribution in [0.25, 0.3) is 22.3 Å². The van der Waals surface area contributed by atoms with Gasteiger partial charge in [-0.25, -0.2) is 4.98 Å². The zero-order valence-electron chi connectivity index (χ0n) is 18.7. The summed E-state index contributed by atoms with van der Waals surface area (Å²) in [6.45, 7) is 9.03. The molecule has 0 aliphatic carbocycles. The molecule has 1 amide bonds. The van der Waals surface area contributed by atoms with Gasteiger partial charge in [0.15, 0.2) is 0 Å². The molecule has 0 radical (unpaired) electrons. The van der Waals surface area contributed by atoms with Crippen molar-refractivity contribution in [2.75, 3.05) is 0 Å². The van der Waals surface area contributed by atoms with E-state index in [1.807, 2.05) is 61.2 Å². The highest BCUT2D eigenvalue weighted by atomic mass is 16.1. The Morgan fingerprint density at radius 1 is 1.10 bits per heavy atom. The van der Waals surface area contributed by atoms with Crippen molar-refractivity contribution >= 4 is 16.8 Å². The van der Waals surface area contributed by atoms with E-state index >= 15 is 0 Å². The van der Waals surface area contributed by atoms with E-state index < -0.39 is 0 Å². The number of amides is 1. The summed E-state index contributed by atoms with van der Waals surface area (Å²) >= 11 is 0. The molecule has 4 aromatic rings. The number of aryl methyl sites for hydroxylation is 3. The van der Waals surface area contributed by atoms with Crippen molar-refractivity contribution in [3.8, 4) is 11.4 Å². The third kappa shape index (κ3) is 3.83. The topological polar surface area (TPSA) is 77.6 Å². The van der Waals surface area contributed by atoms with Crippen LogP contribution in [0.5, 0.6) is 0 Å². The number of nitrogens with one attached hydrogen (secondary N) is 1. The lowest BCUT2D eigenvalue weighted by atomic mass is 10.0. The number of benzene rings is 1. The highest BCUT2D eigenvalue weighted by Crippen LogP contribution is 2.27. The van der Waals surface area contributed by atoms with Crippen LogP contribution < -0.4 is 5.32 Å². The number of aromatic nitrogens is 5. The second-order valence-electron chi connectivity index (χ2n) is 7.78. The molecule has 1 N–H and O–H groups in total. The van der Waals surface area contributed by atoms with Gasteiger partial charge in [0.25, 0.3) is 5.91 Å². The third-order valence-corrected chi connectivity index (χ3v) is 5.74. The number of pyridine rings is 1. The second kappa shape index (κ2) is 8.34. The van der Waals surface area contributed by atoms with E-state index in [4.69, 9.17) is 4.98 Å². The number of hydrogen-bond donors (Lipinski definition) is 1. The molecule has 31 heavy (non-hydrogen) atoms. The number of carbonyl (C=O) groups is 1. The Morgan fingerprint density at radius 2 is 1.87 bits per heavy atom. The molecular formula is C24H28N6O. The summed E-state index contributed by atoms with van der Waals surface area (Å²) in [6.07, 6.45) is 2.65. The van der Waals surface area contributed by atoms with Gasteiger partial charge < -0.3 is 5.32 Å². The van der Waals surface area contributed by atoms with E-state index in [1.165, 1.54) is 0 Å². The van der Waals surface area contributed by atoms with Crippen LogP contribution in [0.2, 0.25) is 0 Å². The predicted octanol–water partition coefficient (Wildman–Crippen LogP) is 4.35. The van der Waals surface area contributed by atoms with Gasteiger partial charge in [0.1, 0.15) is 5.69 Å². The Hall–Kier alpha value is -3.48. The number of nitrogens with zero attached hydrogens (tertiary/aromatic N) is 5. The highest BCUT2D eigenvalue weighted by Gasteiger charge is 2.23. The Kier molecular flexibility index (Phi) is 5.59. The van der Waals surface area contributed by atoms with Gasteiger partial charge in [-0.05, 0) is 45.4 Å². The minimum absolute atomic E-state index is 0.113. The summed E-state index contributed by atoms with van der Waals surface area (Å²) in [5, 5.41) is 13.2. The van der Waals surface area contributed by atoms with E-state index in [0.717, 1.165) is 46.5 Å². The van der Waals surface area contributed by atoms with E-state index in [1.54, 1.807) is 4.68 Å². The van der Waals surface area contributed by atoms with E-state index in [0.29, 0.717) is 11.3 Å². The van der Waals surface area contributed by atoms with Crippen LogP contribution in [0.15, 0.2) is 42.6 Å². The number of carbonyl (C=O) groups excluding carboxylic acids is 1.